The predicted octanol–water partition coefficient (Wildman–Crippen LogP) is 1.17. The number of carboxylic acid groups (broad SMARTS) is 1. The average Bonchev–Trinajstić information content (AvgIpc) is 3.04. The van der Waals surface area contributed by atoms with Gasteiger partial charge in [0.05, 0.1) is 11.8 Å². The topological polar surface area (TPSA) is 86.7 Å². The number of carbonyl (C=O) groups is 3. The minimum atomic E-state index is -0.872. The molecule has 3 heterocycles. The number of fused-ring (bicyclic) bond motifs is 1. The van der Waals surface area contributed by atoms with E-state index in [-0.39, 0.29) is 30.2 Å². The van der Waals surface area contributed by atoms with Crippen LogP contribution in [-0.4, -0.2) is 51.5 Å². The fraction of sp³-hybridized carbons (Fsp3) is 0.533. The molecule has 2 unspecified atom stereocenters. The Morgan fingerprint density at radius 1 is 1.52 bits per heavy atom. The third-order valence-corrected chi connectivity index (χ3v) is 6.97. The van der Waals surface area contributed by atoms with Crippen LogP contribution in [0.3, 0.4) is 0 Å². The third-order valence-electron chi connectivity index (χ3n) is 4.51. The van der Waals surface area contributed by atoms with E-state index in [0.717, 1.165) is 4.88 Å². The number of rotatable bonds is 5. The molecule has 0 aliphatic carbocycles. The predicted molar refractivity (Wildman–Crippen MR) is 88.3 cm³/mol. The van der Waals surface area contributed by atoms with Gasteiger partial charge in [-0.05, 0) is 17.9 Å². The molecule has 23 heavy (non-hydrogen) atoms. The van der Waals surface area contributed by atoms with Crippen molar-refractivity contribution in [2.24, 2.45) is 5.41 Å². The number of hydrogen-bond donors (Lipinski definition) is 2. The van der Waals surface area contributed by atoms with Crippen LogP contribution in [0, 0.1) is 5.41 Å². The number of carboxylic acids is 1. The van der Waals surface area contributed by atoms with Gasteiger partial charge in [0.2, 0.25) is 11.8 Å². The second-order valence-corrected chi connectivity index (χ2v) is 8.05. The summed E-state index contributed by atoms with van der Waals surface area (Å²) in [7, 11) is 0. The summed E-state index contributed by atoms with van der Waals surface area (Å²) in [6.07, 6.45) is 0.758. The van der Waals surface area contributed by atoms with Gasteiger partial charge in [0.25, 0.3) is 0 Å². The molecule has 0 spiro atoms. The minimum absolute atomic E-state index is 0.145. The monoisotopic (exact) mass is 354 g/mol. The Labute approximate surface area is 142 Å². The van der Waals surface area contributed by atoms with E-state index in [4.69, 9.17) is 0 Å². The molecule has 2 saturated heterocycles. The second kappa shape index (κ2) is 6.16. The van der Waals surface area contributed by atoms with Gasteiger partial charge >= 0.3 is 5.97 Å². The zero-order chi connectivity index (χ0) is 16.6. The summed E-state index contributed by atoms with van der Waals surface area (Å²) in [6.45, 7) is 2.06. The molecule has 0 radical (unpaired) electrons. The maximum Gasteiger partial charge on any atom is 0.312 e. The highest BCUT2D eigenvalue weighted by Gasteiger charge is 2.56. The highest BCUT2D eigenvalue weighted by Crippen LogP contribution is 2.43. The Morgan fingerprint density at radius 2 is 2.30 bits per heavy atom. The number of nitrogens with zero attached hydrogens (tertiary/aromatic N) is 1. The van der Waals surface area contributed by atoms with Crippen LogP contribution in [0.15, 0.2) is 17.5 Å². The summed E-state index contributed by atoms with van der Waals surface area (Å²) in [4.78, 5) is 38.4. The third kappa shape index (κ3) is 2.85. The number of aliphatic carboxylic acids is 1. The van der Waals surface area contributed by atoms with Crippen molar-refractivity contribution in [1.82, 2.24) is 10.2 Å². The molecular weight excluding hydrogens is 336 g/mol. The Morgan fingerprint density at radius 3 is 2.91 bits per heavy atom. The molecule has 2 aliphatic rings. The summed E-state index contributed by atoms with van der Waals surface area (Å²) < 4.78 is 0. The summed E-state index contributed by atoms with van der Waals surface area (Å²) >= 11 is 2.95. The molecule has 2 fully saturated rings. The smallest absolute Gasteiger partial charge is 0.312 e. The molecule has 2 amide bonds. The van der Waals surface area contributed by atoms with Crippen molar-refractivity contribution in [3.05, 3.63) is 22.4 Å². The van der Waals surface area contributed by atoms with E-state index in [1.54, 1.807) is 4.90 Å². The zero-order valence-electron chi connectivity index (χ0n) is 12.7. The SMILES string of the molecule is CCC1(C(=O)O)CS[C@@H]2C(NC(=O)Cc3cccs3)C(=O)N2C1. The molecule has 0 saturated carbocycles. The fourth-order valence-corrected chi connectivity index (χ4v) is 5.27. The first-order valence-electron chi connectivity index (χ1n) is 7.44. The van der Waals surface area contributed by atoms with E-state index in [0.29, 0.717) is 12.2 Å². The molecule has 0 aromatic carbocycles. The highest BCUT2D eigenvalue weighted by atomic mass is 32.2. The summed E-state index contributed by atoms with van der Waals surface area (Å²) in [5.41, 5.74) is -0.872. The lowest BCUT2D eigenvalue weighted by Crippen LogP contribution is -2.73. The van der Waals surface area contributed by atoms with Crippen molar-refractivity contribution in [1.29, 1.82) is 0 Å². The first kappa shape index (κ1) is 16.3. The molecule has 6 nitrogen and oxygen atoms in total. The first-order chi connectivity index (χ1) is 11.0. The summed E-state index contributed by atoms with van der Waals surface area (Å²) in [5, 5.41) is 14.0. The molecular formula is C15H18N2O4S2. The van der Waals surface area contributed by atoms with Crippen LogP contribution in [-0.2, 0) is 20.8 Å². The van der Waals surface area contributed by atoms with Gasteiger partial charge in [-0.15, -0.1) is 23.1 Å². The van der Waals surface area contributed by atoms with E-state index in [9.17, 15) is 19.5 Å². The van der Waals surface area contributed by atoms with Crippen molar-refractivity contribution < 1.29 is 19.5 Å². The number of nitrogens with one attached hydrogen (secondary N) is 1. The standard InChI is InChI=1S/C15H18N2O4S2/c1-2-15(14(20)21)7-17-12(19)11(13(17)23-8-15)16-10(18)6-9-4-3-5-22-9/h3-5,11,13H,2,6-8H2,1H3,(H,16,18)(H,20,21)/t11?,13-,15?/m1/s1. The molecule has 3 rings (SSSR count). The van der Waals surface area contributed by atoms with Gasteiger partial charge in [-0.1, -0.05) is 13.0 Å². The number of thioether (sulfide) groups is 1. The second-order valence-electron chi connectivity index (χ2n) is 5.91. The van der Waals surface area contributed by atoms with Crippen molar-refractivity contribution in [3.63, 3.8) is 0 Å². The van der Waals surface area contributed by atoms with Gasteiger partial charge in [-0.3, -0.25) is 14.4 Å². The number of hydrogen-bond acceptors (Lipinski definition) is 5. The number of thiophene rings is 1. The van der Waals surface area contributed by atoms with Crippen LogP contribution in [0.4, 0.5) is 0 Å². The van der Waals surface area contributed by atoms with E-state index in [2.05, 4.69) is 5.32 Å². The number of amides is 2. The Balaban J connectivity index is 1.60. The van der Waals surface area contributed by atoms with E-state index in [1.807, 2.05) is 24.4 Å². The summed E-state index contributed by atoms with van der Waals surface area (Å²) in [5.74, 6) is -0.744. The lowest BCUT2D eigenvalue weighted by Gasteiger charge is -2.53. The molecule has 2 aliphatic heterocycles. The fourth-order valence-electron chi connectivity index (χ4n) is 2.92. The largest absolute Gasteiger partial charge is 0.481 e. The summed E-state index contributed by atoms with van der Waals surface area (Å²) in [6, 6.07) is 3.24. The Kier molecular flexibility index (Phi) is 4.37. The highest BCUT2D eigenvalue weighted by molar-refractivity contribution is 8.00. The van der Waals surface area contributed by atoms with Crippen LogP contribution in [0.1, 0.15) is 18.2 Å². The average molecular weight is 354 g/mol. The van der Waals surface area contributed by atoms with Gasteiger partial charge in [0, 0.05) is 17.2 Å². The van der Waals surface area contributed by atoms with E-state index < -0.39 is 17.4 Å². The molecule has 8 heteroatoms. The van der Waals surface area contributed by atoms with Gasteiger partial charge in [-0.2, -0.15) is 0 Å². The van der Waals surface area contributed by atoms with Crippen molar-refractivity contribution in [3.8, 4) is 0 Å². The Bertz CT molecular complexity index is 633. The van der Waals surface area contributed by atoms with Crippen LogP contribution in [0.25, 0.3) is 0 Å². The van der Waals surface area contributed by atoms with Crippen LogP contribution in [0.2, 0.25) is 0 Å². The van der Waals surface area contributed by atoms with Crippen LogP contribution < -0.4 is 5.32 Å². The van der Waals surface area contributed by atoms with Gasteiger partial charge in [-0.25, -0.2) is 0 Å². The molecule has 1 aromatic rings. The zero-order valence-corrected chi connectivity index (χ0v) is 14.3. The maximum absolute atomic E-state index is 12.3. The van der Waals surface area contributed by atoms with E-state index in [1.165, 1.54) is 23.1 Å². The normalized spacial score (nSPS) is 29.6. The lowest BCUT2D eigenvalue weighted by molar-refractivity contribution is -0.159. The van der Waals surface area contributed by atoms with Crippen LogP contribution in [0.5, 0.6) is 0 Å². The Hall–Kier alpha value is -1.54. The minimum Gasteiger partial charge on any atom is -0.481 e. The van der Waals surface area contributed by atoms with E-state index >= 15 is 0 Å². The molecule has 0 bridgehead atoms. The van der Waals surface area contributed by atoms with Crippen molar-refractivity contribution in [2.75, 3.05) is 12.3 Å². The lowest BCUT2D eigenvalue weighted by atomic mass is 9.84. The molecule has 1 aromatic heterocycles. The van der Waals surface area contributed by atoms with Crippen LogP contribution >= 0.6 is 23.1 Å². The first-order valence-corrected chi connectivity index (χ1v) is 9.37. The maximum atomic E-state index is 12.3. The molecule has 2 N–H and O–H groups in total. The van der Waals surface area contributed by atoms with Gasteiger partial charge < -0.3 is 15.3 Å². The number of β-lactam (4-membered cyclic amide) rings is 1. The van der Waals surface area contributed by atoms with Gasteiger partial charge in [0.15, 0.2) is 0 Å². The molecule has 124 valence electrons. The van der Waals surface area contributed by atoms with Crippen molar-refractivity contribution >= 4 is 40.9 Å². The van der Waals surface area contributed by atoms with Gasteiger partial charge in [0.1, 0.15) is 11.4 Å². The quantitative estimate of drug-likeness (QED) is 0.775. The molecule has 3 atom stereocenters. The number of carbonyl (C=O) groups excluding carboxylic acids is 2. The van der Waals surface area contributed by atoms with Crippen molar-refractivity contribution in [2.45, 2.75) is 31.2 Å².